The monoisotopic (exact) mass is 320 g/mol. The first-order valence-corrected chi connectivity index (χ1v) is 9.83. The van der Waals surface area contributed by atoms with Gasteiger partial charge < -0.3 is 0 Å². The van der Waals surface area contributed by atoms with Crippen molar-refractivity contribution in [2.24, 2.45) is 5.41 Å². The molecule has 0 atom stereocenters. The van der Waals surface area contributed by atoms with Crippen LogP contribution in [0.3, 0.4) is 0 Å². The van der Waals surface area contributed by atoms with Gasteiger partial charge in [-0.15, -0.1) is 0 Å². The minimum Gasteiger partial charge on any atom is -0.0654 e. The van der Waals surface area contributed by atoms with Crippen molar-refractivity contribution >= 4 is 0 Å². The Balaban J connectivity index is 1.66. The third kappa shape index (κ3) is 3.91. The summed E-state index contributed by atoms with van der Waals surface area (Å²) in [7, 11) is 0. The molecule has 3 rings (SSSR count). The highest BCUT2D eigenvalue weighted by atomic mass is 14.4. The lowest BCUT2D eigenvalue weighted by Gasteiger charge is -2.37. The molecular weight excluding hydrogens is 288 g/mol. The van der Waals surface area contributed by atoms with Gasteiger partial charge in [0.2, 0.25) is 0 Å². The fourth-order valence-corrected chi connectivity index (χ4v) is 4.38. The number of hydrogen-bond acceptors (Lipinski definition) is 0. The molecule has 0 amide bonds. The van der Waals surface area contributed by atoms with Gasteiger partial charge in [0.1, 0.15) is 0 Å². The molecule has 1 aliphatic carbocycles. The zero-order chi connectivity index (χ0) is 17.0. The van der Waals surface area contributed by atoms with E-state index in [1.807, 2.05) is 0 Å². The standard InChI is InChI=1S/C24H32/c1-4-16-24(3)17-14-23(15-18-24)22-12-10-21(11-13-22)20-8-6-19(5-2)7-9-20/h6-13,23H,4-5,14-18H2,1-3H3. The first-order chi connectivity index (χ1) is 11.6. The van der Waals surface area contributed by atoms with Crippen LogP contribution in [0, 0.1) is 5.41 Å². The summed E-state index contributed by atoms with van der Waals surface area (Å²) in [5.41, 5.74) is 6.23. The largest absolute Gasteiger partial charge is 0.0654 e. The molecule has 128 valence electrons. The van der Waals surface area contributed by atoms with Crippen LogP contribution in [0.2, 0.25) is 0 Å². The molecule has 0 N–H and O–H groups in total. The number of benzene rings is 2. The smallest absolute Gasteiger partial charge is 0.0162 e. The maximum atomic E-state index is 2.50. The van der Waals surface area contributed by atoms with Gasteiger partial charge in [-0.2, -0.15) is 0 Å². The topological polar surface area (TPSA) is 0 Å². The Bertz CT molecular complexity index is 625. The predicted octanol–water partition coefficient (Wildman–Crippen LogP) is 7.38. The quantitative estimate of drug-likeness (QED) is 0.539. The lowest BCUT2D eigenvalue weighted by atomic mass is 9.68. The average molecular weight is 321 g/mol. The van der Waals surface area contributed by atoms with Gasteiger partial charge in [0.15, 0.2) is 0 Å². The molecule has 24 heavy (non-hydrogen) atoms. The van der Waals surface area contributed by atoms with Crippen molar-refractivity contribution in [2.45, 2.75) is 71.6 Å². The Morgan fingerprint density at radius 2 is 1.38 bits per heavy atom. The molecule has 2 aromatic rings. The molecule has 0 heteroatoms. The minimum atomic E-state index is 0.603. The first-order valence-electron chi connectivity index (χ1n) is 9.83. The molecular formula is C24H32. The van der Waals surface area contributed by atoms with Crippen LogP contribution >= 0.6 is 0 Å². The van der Waals surface area contributed by atoms with Crippen LogP contribution in [0.5, 0.6) is 0 Å². The summed E-state index contributed by atoms with van der Waals surface area (Å²) in [5.74, 6) is 0.770. The zero-order valence-corrected chi connectivity index (χ0v) is 15.6. The van der Waals surface area contributed by atoms with Crippen molar-refractivity contribution in [2.75, 3.05) is 0 Å². The summed E-state index contributed by atoms with van der Waals surface area (Å²) >= 11 is 0. The van der Waals surface area contributed by atoms with Crippen molar-refractivity contribution in [1.29, 1.82) is 0 Å². The highest BCUT2D eigenvalue weighted by molar-refractivity contribution is 5.64. The maximum absolute atomic E-state index is 2.50. The molecule has 0 aromatic heterocycles. The van der Waals surface area contributed by atoms with E-state index in [1.54, 1.807) is 5.56 Å². The zero-order valence-electron chi connectivity index (χ0n) is 15.6. The Hall–Kier alpha value is -1.56. The maximum Gasteiger partial charge on any atom is -0.0162 e. The Morgan fingerprint density at radius 1 is 0.833 bits per heavy atom. The van der Waals surface area contributed by atoms with Crippen molar-refractivity contribution in [3.8, 4) is 11.1 Å². The Labute approximate surface area is 148 Å². The molecule has 1 saturated carbocycles. The van der Waals surface area contributed by atoms with Crippen molar-refractivity contribution in [3.63, 3.8) is 0 Å². The molecule has 0 unspecified atom stereocenters. The molecule has 0 spiro atoms. The van der Waals surface area contributed by atoms with Crippen LogP contribution in [0.25, 0.3) is 11.1 Å². The Morgan fingerprint density at radius 3 is 1.88 bits per heavy atom. The van der Waals surface area contributed by atoms with Crippen molar-refractivity contribution in [1.82, 2.24) is 0 Å². The third-order valence-corrected chi connectivity index (χ3v) is 6.12. The summed E-state index contributed by atoms with van der Waals surface area (Å²) < 4.78 is 0. The van der Waals surface area contributed by atoms with E-state index in [2.05, 4.69) is 69.3 Å². The molecule has 0 bridgehead atoms. The third-order valence-electron chi connectivity index (χ3n) is 6.12. The van der Waals surface area contributed by atoms with E-state index in [1.165, 1.54) is 55.2 Å². The predicted molar refractivity (Wildman–Crippen MR) is 105 cm³/mol. The van der Waals surface area contributed by atoms with E-state index in [4.69, 9.17) is 0 Å². The van der Waals surface area contributed by atoms with Crippen LogP contribution in [-0.2, 0) is 6.42 Å². The molecule has 0 heterocycles. The second-order valence-electron chi connectivity index (χ2n) is 8.01. The fourth-order valence-electron chi connectivity index (χ4n) is 4.38. The van der Waals surface area contributed by atoms with Crippen molar-refractivity contribution < 1.29 is 0 Å². The fraction of sp³-hybridized carbons (Fsp3) is 0.500. The van der Waals surface area contributed by atoms with E-state index < -0.39 is 0 Å². The van der Waals surface area contributed by atoms with Crippen LogP contribution < -0.4 is 0 Å². The van der Waals surface area contributed by atoms with Crippen molar-refractivity contribution in [3.05, 3.63) is 59.7 Å². The summed E-state index contributed by atoms with van der Waals surface area (Å²) in [5, 5.41) is 0. The van der Waals surface area contributed by atoms with Crippen LogP contribution in [0.15, 0.2) is 48.5 Å². The van der Waals surface area contributed by atoms with Gasteiger partial charge in [-0.3, -0.25) is 0 Å². The van der Waals surface area contributed by atoms with Gasteiger partial charge >= 0.3 is 0 Å². The molecule has 0 nitrogen and oxygen atoms in total. The highest BCUT2D eigenvalue weighted by Crippen LogP contribution is 2.45. The second kappa shape index (κ2) is 7.55. The number of rotatable bonds is 5. The van der Waals surface area contributed by atoms with E-state index in [0.29, 0.717) is 5.41 Å². The second-order valence-corrected chi connectivity index (χ2v) is 8.01. The van der Waals surface area contributed by atoms with Gasteiger partial charge in [-0.1, -0.05) is 75.7 Å². The summed E-state index contributed by atoms with van der Waals surface area (Å²) in [4.78, 5) is 0. The molecule has 1 aliphatic rings. The first kappa shape index (κ1) is 17.3. The van der Waals surface area contributed by atoms with Gasteiger partial charge in [-0.25, -0.2) is 0 Å². The molecule has 0 saturated heterocycles. The van der Waals surface area contributed by atoms with E-state index in [-0.39, 0.29) is 0 Å². The lowest BCUT2D eigenvalue weighted by molar-refractivity contribution is 0.182. The van der Waals surface area contributed by atoms with E-state index >= 15 is 0 Å². The summed E-state index contributed by atoms with van der Waals surface area (Å²) in [6.45, 7) is 7.03. The highest BCUT2D eigenvalue weighted by Gasteiger charge is 2.30. The Kier molecular flexibility index (Phi) is 5.43. The van der Waals surface area contributed by atoms with E-state index in [0.717, 1.165) is 12.3 Å². The van der Waals surface area contributed by atoms with Gasteiger partial charge in [0, 0.05) is 0 Å². The van der Waals surface area contributed by atoms with Gasteiger partial charge in [0.05, 0.1) is 0 Å². The number of hydrogen-bond donors (Lipinski definition) is 0. The summed E-state index contributed by atoms with van der Waals surface area (Å²) in [6, 6.07) is 18.4. The van der Waals surface area contributed by atoms with E-state index in [9.17, 15) is 0 Å². The molecule has 0 aliphatic heterocycles. The normalized spacial score (nSPS) is 24.0. The van der Waals surface area contributed by atoms with Crippen LogP contribution in [0.1, 0.15) is 76.3 Å². The number of aryl methyl sites for hydroxylation is 1. The molecule has 1 fully saturated rings. The lowest BCUT2D eigenvalue weighted by Crippen LogP contribution is -2.23. The summed E-state index contributed by atoms with van der Waals surface area (Å²) in [6.07, 6.45) is 9.34. The minimum absolute atomic E-state index is 0.603. The SMILES string of the molecule is CCCC1(C)CCC(c2ccc(-c3ccc(CC)cc3)cc2)CC1. The molecule has 2 aromatic carbocycles. The molecule has 0 radical (unpaired) electrons. The van der Waals surface area contributed by atoms with Gasteiger partial charge in [-0.05, 0) is 72.1 Å². The average Bonchev–Trinajstić information content (AvgIpc) is 2.63. The van der Waals surface area contributed by atoms with Crippen LogP contribution in [0.4, 0.5) is 0 Å². The van der Waals surface area contributed by atoms with Crippen LogP contribution in [-0.4, -0.2) is 0 Å². The van der Waals surface area contributed by atoms with Gasteiger partial charge in [0.25, 0.3) is 0 Å².